The van der Waals surface area contributed by atoms with Crippen LogP contribution in [0.1, 0.15) is 12.5 Å². The van der Waals surface area contributed by atoms with E-state index >= 15 is 0 Å². The van der Waals surface area contributed by atoms with Crippen molar-refractivity contribution in [1.29, 1.82) is 0 Å². The van der Waals surface area contributed by atoms with Gasteiger partial charge < -0.3 is 10.1 Å². The molecule has 18 heavy (non-hydrogen) atoms. The lowest BCUT2D eigenvalue weighted by molar-refractivity contribution is -0.137. The van der Waals surface area contributed by atoms with Crippen LogP contribution in [0, 0.1) is 5.41 Å². The van der Waals surface area contributed by atoms with Gasteiger partial charge in [0.05, 0.1) is 18.8 Å². The molecule has 1 saturated heterocycles. The second kappa shape index (κ2) is 4.74. The second-order valence-electron chi connectivity index (χ2n) is 4.84. The Morgan fingerprint density at radius 2 is 2.06 bits per heavy atom. The minimum Gasteiger partial charge on any atom is -0.384 e. The topological polar surface area (TPSA) is 21.3 Å². The van der Waals surface area contributed by atoms with Crippen molar-refractivity contribution < 1.29 is 17.9 Å². The smallest absolute Gasteiger partial charge is 0.384 e. The van der Waals surface area contributed by atoms with Gasteiger partial charge in [-0.3, -0.25) is 0 Å². The fraction of sp³-hybridized carbons (Fsp3) is 0.500. The van der Waals surface area contributed by atoms with Gasteiger partial charge in [0.15, 0.2) is 0 Å². The van der Waals surface area contributed by atoms with E-state index in [1.165, 1.54) is 6.07 Å². The van der Waals surface area contributed by atoms with E-state index in [0.717, 1.165) is 6.07 Å². The minimum atomic E-state index is -4.36. The molecule has 0 aromatic heterocycles. The predicted octanol–water partition coefficient (Wildman–Crippen LogP) is 3.92. The highest BCUT2D eigenvalue weighted by atomic mass is 79.9. The van der Waals surface area contributed by atoms with Crippen LogP contribution in [0.4, 0.5) is 18.9 Å². The van der Waals surface area contributed by atoms with Crippen LogP contribution in [0.25, 0.3) is 0 Å². The zero-order chi connectivity index (χ0) is 13.4. The lowest BCUT2D eigenvalue weighted by Gasteiger charge is -2.38. The van der Waals surface area contributed by atoms with Gasteiger partial charge in [0.1, 0.15) is 0 Å². The normalized spacial score (nSPS) is 18.3. The molecule has 0 bridgehead atoms. The molecule has 0 radical (unpaired) electrons. The molecule has 0 amide bonds. The van der Waals surface area contributed by atoms with E-state index in [1.807, 2.05) is 6.92 Å². The van der Waals surface area contributed by atoms with Crippen LogP contribution in [-0.2, 0) is 10.9 Å². The highest BCUT2D eigenvalue weighted by Crippen LogP contribution is 2.37. The van der Waals surface area contributed by atoms with E-state index in [0.29, 0.717) is 24.2 Å². The molecular formula is C12H13BrF3NO. The molecule has 0 aliphatic carbocycles. The molecule has 0 unspecified atom stereocenters. The van der Waals surface area contributed by atoms with Gasteiger partial charge in [0, 0.05) is 22.1 Å². The van der Waals surface area contributed by atoms with Crippen LogP contribution >= 0.6 is 15.9 Å². The molecule has 1 fully saturated rings. The summed E-state index contributed by atoms with van der Waals surface area (Å²) in [5, 5.41) is 2.87. The number of hydrogen-bond acceptors (Lipinski definition) is 2. The zero-order valence-electron chi connectivity index (χ0n) is 9.77. The number of rotatable bonds is 3. The largest absolute Gasteiger partial charge is 0.418 e. The number of nitrogens with one attached hydrogen (secondary N) is 1. The van der Waals surface area contributed by atoms with Gasteiger partial charge in [0.25, 0.3) is 0 Å². The summed E-state index contributed by atoms with van der Waals surface area (Å²) >= 11 is 3.06. The predicted molar refractivity (Wildman–Crippen MR) is 66.6 cm³/mol. The van der Waals surface area contributed by atoms with Gasteiger partial charge in [-0.1, -0.05) is 22.9 Å². The van der Waals surface area contributed by atoms with E-state index in [-0.39, 0.29) is 11.1 Å². The summed E-state index contributed by atoms with van der Waals surface area (Å²) in [6.07, 6.45) is -4.36. The molecule has 1 aromatic rings. The molecule has 100 valence electrons. The van der Waals surface area contributed by atoms with Crippen molar-refractivity contribution in [2.24, 2.45) is 5.41 Å². The molecule has 2 rings (SSSR count). The summed E-state index contributed by atoms with van der Waals surface area (Å²) in [5.74, 6) is 0. The highest BCUT2D eigenvalue weighted by Gasteiger charge is 2.36. The number of anilines is 1. The third-order valence-corrected chi connectivity index (χ3v) is 3.39. The molecule has 0 spiro atoms. The SMILES string of the molecule is CC1(CNc2ccc(Br)cc2C(F)(F)F)COC1. The van der Waals surface area contributed by atoms with E-state index in [9.17, 15) is 13.2 Å². The van der Waals surface area contributed by atoms with Crippen LogP contribution in [0.2, 0.25) is 0 Å². The Morgan fingerprint density at radius 3 is 2.56 bits per heavy atom. The average molecular weight is 324 g/mol. The molecule has 1 N–H and O–H groups in total. The van der Waals surface area contributed by atoms with Crippen LogP contribution in [0.15, 0.2) is 22.7 Å². The summed E-state index contributed by atoms with van der Waals surface area (Å²) in [5.41, 5.74) is -0.616. The minimum absolute atomic E-state index is 0.0735. The first kappa shape index (κ1) is 13.7. The molecule has 1 heterocycles. The van der Waals surface area contributed by atoms with Gasteiger partial charge in [-0.25, -0.2) is 0 Å². The molecule has 6 heteroatoms. The summed E-state index contributed by atoms with van der Waals surface area (Å²) in [7, 11) is 0. The van der Waals surface area contributed by atoms with Crippen LogP contribution < -0.4 is 5.32 Å². The van der Waals surface area contributed by atoms with E-state index < -0.39 is 11.7 Å². The van der Waals surface area contributed by atoms with Crippen LogP contribution in [0.5, 0.6) is 0 Å². The molecule has 1 aliphatic heterocycles. The third kappa shape index (κ3) is 2.98. The van der Waals surface area contributed by atoms with E-state index in [4.69, 9.17) is 4.74 Å². The molecular weight excluding hydrogens is 311 g/mol. The number of ether oxygens (including phenoxy) is 1. The number of hydrogen-bond donors (Lipinski definition) is 1. The Balaban J connectivity index is 2.16. The van der Waals surface area contributed by atoms with Gasteiger partial charge in [0.2, 0.25) is 0 Å². The molecule has 1 aromatic carbocycles. The Kier molecular flexibility index (Phi) is 3.60. The quantitative estimate of drug-likeness (QED) is 0.910. The number of halogens is 4. The van der Waals surface area contributed by atoms with Crippen molar-refractivity contribution >= 4 is 21.6 Å². The fourth-order valence-electron chi connectivity index (χ4n) is 1.77. The van der Waals surface area contributed by atoms with Crippen molar-refractivity contribution in [3.05, 3.63) is 28.2 Å². The van der Waals surface area contributed by atoms with Gasteiger partial charge in [-0.05, 0) is 18.2 Å². The van der Waals surface area contributed by atoms with Gasteiger partial charge in [-0.2, -0.15) is 13.2 Å². The highest BCUT2D eigenvalue weighted by molar-refractivity contribution is 9.10. The van der Waals surface area contributed by atoms with Gasteiger partial charge >= 0.3 is 6.18 Å². The molecule has 2 nitrogen and oxygen atoms in total. The monoisotopic (exact) mass is 323 g/mol. The lowest BCUT2D eigenvalue weighted by atomic mass is 9.88. The maximum absolute atomic E-state index is 12.9. The Hall–Kier alpha value is -0.750. The zero-order valence-corrected chi connectivity index (χ0v) is 11.4. The van der Waals surface area contributed by atoms with Crippen molar-refractivity contribution in [3.63, 3.8) is 0 Å². The van der Waals surface area contributed by atoms with E-state index in [1.54, 1.807) is 6.07 Å². The first-order chi connectivity index (χ1) is 8.30. The molecule has 0 saturated carbocycles. The summed E-state index contributed by atoms with van der Waals surface area (Å²) in [6.45, 7) is 3.61. The Morgan fingerprint density at radius 1 is 1.39 bits per heavy atom. The standard InChI is InChI=1S/C12H13BrF3NO/c1-11(6-18-7-11)5-17-10-3-2-8(13)4-9(10)12(14,15)16/h2-4,17H,5-7H2,1H3. The maximum Gasteiger partial charge on any atom is 0.418 e. The van der Waals surface area contributed by atoms with Crippen LogP contribution in [0.3, 0.4) is 0 Å². The second-order valence-corrected chi connectivity index (χ2v) is 5.76. The van der Waals surface area contributed by atoms with Crippen molar-refractivity contribution in [2.45, 2.75) is 13.1 Å². The Bertz CT molecular complexity index is 443. The van der Waals surface area contributed by atoms with Crippen molar-refractivity contribution in [1.82, 2.24) is 0 Å². The van der Waals surface area contributed by atoms with E-state index in [2.05, 4.69) is 21.2 Å². The third-order valence-electron chi connectivity index (χ3n) is 2.89. The molecule has 0 atom stereocenters. The first-order valence-corrected chi connectivity index (χ1v) is 6.28. The number of alkyl halides is 3. The first-order valence-electron chi connectivity index (χ1n) is 5.49. The van der Waals surface area contributed by atoms with Crippen molar-refractivity contribution in [3.8, 4) is 0 Å². The average Bonchev–Trinajstić information content (AvgIpc) is 2.23. The summed E-state index contributed by atoms with van der Waals surface area (Å²) in [4.78, 5) is 0. The summed E-state index contributed by atoms with van der Waals surface area (Å²) < 4.78 is 44.1. The fourth-order valence-corrected chi connectivity index (χ4v) is 2.13. The molecule has 1 aliphatic rings. The van der Waals surface area contributed by atoms with Crippen LogP contribution in [-0.4, -0.2) is 19.8 Å². The lowest BCUT2D eigenvalue weighted by Crippen LogP contribution is -2.45. The number of benzene rings is 1. The maximum atomic E-state index is 12.9. The summed E-state index contributed by atoms with van der Waals surface area (Å²) in [6, 6.07) is 4.12. The Labute approximate surface area is 112 Å². The van der Waals surface area contributed by atoms with Crippen molar-refractivity contribution in [2.75, 3.05) is 25.1 Å². The van der Waals surface area contributed by atoms with Gasteiger partial charge in [-0.15, -0.1) is 0 Å².